The number of rotatable bonds is 2. The van der Waals surface area contributed by atoms with Crippen molar-refractivity contribution in [2.24, 2.45) is 0 Å². The van der Waals surface area contributed by atoms with Crippen LogP contribution in [0.25, 0.3) is 5.69 Å². The number of fused-ring (bicyclic) bond motifs is 1. The Morgan fingerprint density at radius 1 is 1.13 bits per heavy atom. The van der Waals surface area contributed by atoms with Crippen LogP contribution in [-0.4, -0.2) is 31.8 Å². The average Bonchev–Trinajstić information content (AvgIpc) is 3.11. The quantitative estimate of drug-likeness (QED) is 0.500. The predicted molar refractivity (Wildman–Crippen MR) is 106 cm³/mol. The zero-order chi connectivity index (χ0) is 22.5. The second-order valence-electron chi connectivity index (χ2n) is 7.42. The minimum Gasteiger partial charge on any atom is -0.327 e. The van der Waals surface area contributed by atoms with Gasteiger partial charge in [-0.2, -0.15) is 13.2 Å². The van der Waals surface area contributed by atoms with Crippen LogP contribution in [0, 0.1) is 5.82 Å². The third-order valence-electron chi connectivity index (χ3n) is 5.41. The number of carbonyl (C=O) groups is 1. The number of amides is 1. The fourth-order valence-corrected chi connectivity index (χ4v) is 4.26. The van der Waals surface area contributed by atoms with E-state index in [-0.39, 0.29) is 17.4 Å². The molecule has 10 heteroatoms. The van der Waals surface area contributed by atoms with Crippen molar-refractivity contribution in [3.05, 3.63) is 75.8 Å². The first-order valence-electron chi connectivity index (χ1n) is 9.48. The fourth-order valence-electron chi connectivity index (χ4n) is 3.94. The van der Waals surface area contributed by atoms with Gasteiger partial charge >= 0.3 is 6.18 Å². The van der Waals surface area contributed by atoms with Gasteiger partial charge < -0.3 is 4.90 Å². The summed E-state index contributed by atoms with van der Waals surface area (Å²) in [7, 11) is 0. The number of alkyl halides is 3. The summed E-state index contributed by atoms with van der Waals surface area (Å²) in [6.07, 6.45) is -4.30. The topological polar surface area (TPSA) is 51.0 Å². The van der Waals surface area contributed by atoms with Crippen LogP contribution in [0.5, 0.6) is 0 Å². The summed E-state index contributed by atoms with van der Waals surface area (Å²) in [6.45, 7) is 3.53. The second kappa shape index (κ2) is 7.64. The molecule has 0 aliphatic carbocycles. The van der Waals surface area contributed by atoms with Gasteiger partial charge in [0.05, 0.1) is 33.6 Å². The molecule has 1 aromatic heterocycles. The van der Waals surface area contributed by atoms with E-state index < -0.39 is 28.7 Å². The number of hydrogen-bond donors (Lipinski definition) is 0. The van der Waals surface area contributed by atoms with Gasteiger partial charge in [-0.15, -0.1) is 5.10 Å². The van der Waals surface area contributed by atoms with E-state index >= 15 is 0 Å². The molecular formula is C21H17ClF4N4O. The van der Waals surface area contributed by atoms with Gasteiger partial charge in [0, 0.05) is 12.5 Å². The number of aromatic nitrogens is 3. The molecule has 0 bridgehead atoms. The van der Waals surface area contributed by atoms with Crippen molar-refractivity contribution >= 4 is 17.5 Å². The Bertz CT molecular complexity index is 1140. The zero-order valence-corrected chi connectivity index (χ0v) is 17.2. The lowest BCUT2D eigenvalue weighted by molar-refractivity contribution is -0.137. The molecule has 0 N–H and O–H groups in total. The molecule has 3 aromatic rings. The van der Waals surface area contributed by atoms with E-state index in [1.54, 1.807) is 30.7 Å². The summed E-state index contributed by atoms with van der Waals surface area (Å²) in [4.78, 5) is 14.7. The number of benzene rings is 2. The van der Waals surface area contributed by atoms with E-state index in [2.05, 4.69) is 10.3 Å². The lowest BCUT2D eigenvalue weighted by Gasteiger charge is -2.38. The first kappa shape index (κ1) is 21.3. The summed E-state index contributed by atoms with van der Waals surface area (Å²) < 4.78 is 54.5. The molecule has 2 atom stereocenters. The van der Waals surface area contributed by atoms with Gasteiger partial charge in [-0.3, -0.25) is 4.79 Å². The highest BCUT2D eigenvalue weighted by atomic mass is 35.5. The second-order valence-corrected chi connectivity index (χ2v) is 7.79. The first-order valence-corrected chi connectivity index (χ1v) is 9.86. The standard InChI is InChI=1S/C21H17ClF4N4O/c1-11-10-17-19(27-28-30(17)14-8-6-13(23)7-9-14)12(2)29(11)20(31)15-4-3-5-16(18(15)22)21(24,25)26/h3-9,11-12H,10H2,1-2H3/t11-,12+/m0/s1. The van der Waals surface area contributed by atoms with E-state index in [9.17, 15) is 22.4 Å². The number of halogens is 5. The molecule has 4 rings (SSSR count). The molecule has 0 spiro atoms. The van der Waals surface area contributed by atoms with Gasteiger partial charge in [-0.1, -0.05) is 22.9 Å². The maximum Gasteiger partial charge on any atom is 0.417 e. The normalized spacial score (nSPS) is 18.7. The van der Waals surface area contributed by atoms with E-state index in [1.165, 1.54) is 23.1 Å². The maximum absolute atomic E-state index is 13.3. The van der Waals surface area contributed by atoms with Crippen molar-refractivity contribution in [2.75, 3.05) is 0 Å². The van der Waals surface area contributed by atoms with Crippen molar-refractivity contribution in [3.63, 3.8) is 0 Å². The lowest BCUT2D eigenvalue weighted by Crippen LogP contribution is -2.45. The van der Waals surface area contributed by atoms with Gasteiger partial charge in [0.15, 0.2) is 0 Å². The molecule has 2 heterocycles. The summed E-state index contributed by atoms with van der Waals surface area (Å²) in [5.74, 6) is -0.993. The molecule has 0 saturated carbocycles. The van der Waals surface area contributed by atoms with Crippen LogP contribution in [0.4, 0.5) is 17.6 Å². The number of hydrogen-bond acceptors (Lipinski definition) is 3. The number of carbonyl (C=O) groups excluding carboxylic acids is 1. The highest BCUT2D eigenvalue weighted by Gasteiger charge is 2.40. The molecule has 1 aliphatic heterocycles. The molecule has 2 aromatic carbocycles. The minimum atomic E-state index is -4.67. The Morgan fingerprint density at radius 3 is 2.45 bits per heavy atom. The molecule has 0 unspecified atom stereocenters. The molecule has 5 nitrogen and oxygen atoms in total. The molecule has 162 valence electrons. The smallest absolute Gasteiger partial charge is 0.327 e. The van der Waals surface area contributed by atoms with Crippen molar-refractivity contribution < 1.29 is 22.4 Å². The van der Waals surface area contributed by atoms with Crippen LogP contribution < -0.4 is 0 Å². The van der Waals surface area contributed by atoms with Crippen molar-refractivity contribution in [2.45, 2.75) is 38.5 Å². The summed E-state index contributed by atoms with van der Waals surface area (Å²) in [6, 6.07) is 8.13. The SMILES string of the molecule is C[C@@H]1c2nnn(-c3ccc(F)cc3)c2C[C@H](C)N1C(=O)c1cccc(C(F)(F)F)c1Cl. The Kier molecular flexibility index (Phi) is 5.25. The summed E-state index contributed by atoms with van der Waals surface area (Å²) >= 11 is 5.97. The third kappa shape index (κ3) is 3.67. The van der Waals surface area contributed by atoms with Crippen molar-refractivity contribution in [1.82, 2.24) is 19.9 Å². The number of nitrogens with zero attached hydrogens (tertiary/aromatic N) is 4. The van der Waals surface area contributed by atoms with Gasteiger partial charge in [-0.05, 0) is 50.2 Å². The van der Waals surface area contributed by atoms with Crippen LogP contribution in [0.2, 0.25) is 5.02 Å². The van der Waals surface area contributed by atoms with Crippen LogP contribution in [0.15, 0.2) is 42.5 Å². The van der Waals surface area contributed by atoms with Crippen molar-refractivity contribution in [1.29, 1.82) is 0 Å². The Morgan fingerprint density at radius 2 is 1.81 bits per heavy atom. The third-order valence-corrected chi connectivity index (χ3v) is 5.82. The minimum absolute atomic E-state index is 0.218. The lowest BCUT2D eigenvalue weighted by atomic mass is 9.96. The van der Waals surface area contributed by atoms with Crippen LogP contribution in [0.3, 0.4) is 0 Å². The predicted octanol–water partition coefficient (Wildman–Crippen LogP) is 5.23. The Balaban J connectivity index is 1.71. The van der Waals surface area contributed by atoms with Gasteiger partial charge in [0.2, 0.25) is 0 Å². The summed E-state index contributed by atoms with van der Waals surface area (Å²) in [5, 5.41) is 7.71. The van der Waals surface area contributed by atoms with E-state index in [0.717, 1.165) is 17.8 Å². The highest BCUT2D eigenvalue weighted by Crippen LogP contribution is 2.39. The molecule has 0 fully saturated rings. The first-order chi connectivity index (χ1) is 14.6. The van der Waals surface area contributed by atoms with Gasteiger partial charge in [-0.25, -0.2) is 9.07 Å². The summed E-state index contributed by atoms with van der Waals surface area (Å²) in [5.41, 5.74) is 0.629. The van der Waals surface area contributed by atoms with E-state index in [4.69, 9.17) is 11.6 Å². The Labute approximate surface area is 180 Å². The monoisotopic (exact) mass is 452 g/mol. The molecule has 1 amide bonds. The van der Waals surface area contributed by atoms with Crippen LogP contribution in [0.1, 0.15) is 47.2 Å². The highest BCUT2D eigenvalue weighted by molar-refractivity contribution is 6.34. The van der Waals surface area contributed by atoms with Gasteiger partial charge in [0.1, 0.15) is 11.5 Å². The maximum atomic E-state index is 13.3. The largest absolute Gasteiger partial charge is 0.417 e. The van der Waals surface area contributed by atoms with Crippen LogP contribution in [-0.2, 0) is 12.6 Å². The molecule has 31 heavy (non-hydrogen) atoms. The van der Waals surface area contributed by atoms with Crippen molar-refractivity contribution in [3.8, 4) is 5.69 Å². The molecule has 1 aliphatic rings. The van der Waals surface area contributed by atoms with E-state index in [1.807, 2.05) is 0 Å². The molecule has 0 saturated heterocycles. The van der Waals surface area contributed by atoms with Gasteiger partial charge in [0.25, 0.3) is 5.91 Å². The van der Waals surface area contributed by atoms with E-state index in [0.29, 0.717) is 17.8 Å². The molecular weight excluding hydrogens is 436 g/mol. The zero-order valence-electron chi connectivity index (χ0n) is 16.5. The van der Waals surface area contributed by atoms with Crippen LogP contribution >= 0.6 is 11.6 Å². The average molecular weight is 453 g/mol. The molecule has 0 radical (unpaired) electrons. The Hall–Kier alpha value is -2.94. The fraction of sp³-hybridized carbons (Fsp3) is 0.286.